The Hall–Kier alpha value is -2.07. The van der Waals surface area contributed by atoms with E-state index >= 15 is 0 Å². The molecule has 8 nitrogen and oxygen atoms in total. The number of sulfonamides is 1. The van der Waals surface area contributed by atoms with Crippen molar-refractivity contribution in [1.82, 2.24) is 15.6 Å². The highest BCUT2D eigenvalue weighted by molar-refractivity contribution is 7.89. The van der Waals surface area contributed by atoms with E-state index in [1.54, 1.807) is 0 Å². The van der Waals surface area contributed by atoms with Gasteiger partial charge in [-0.05, 0) is 43.2 Å². The lowest BCUT2D eigenvalue weighted by molar-refractivity contribution is -0.128. The van der Waals surface area contributed by atoms with E-state index < -0.39 is 28.0 Å². The van der Waals surface area contributed by atoms with Crippen molar-refractivity contribution in [2.24, 2.45) is 17.0 Å². The van der Waals surface area contributed by atoms with E-state index in [0.29, 0.717) is 12.5 Å². The summed E-state index contributed by atoms with van der Waals surface area (Å²) in [4.78, 5) is 27.9. The molecular formula is C18H25FN4O4S. The van der Waals surface area contributed by atoms with Gasteiger partial charge in [-0.25, -0.2) is 22.9 Å². The zero-order valence-corrected chi connectivity index (χ0v) is 16.3. The average molecular weight is 412 g/mol. The Morgan fingerprint density at radius 3 is 2.61 bits per heavy atom. The SMILES string of the molecule is NS(=O)(=O)c1cc(C(=O)NC[C@@H]2CC[C@H]2NC(=O)C(F)CC2CCC2)ccn1. The number of nitrogens with one attached hydrogen (secondary N) is 2. The Labute approximate surface area is 163 Å². The third-order valence-electron chi connectivity index (χ3n) is 5.61. The van der Waals surface area contributed by atoms with Gasteiger partial charge in [0.05, 0.1) is 0 Å². The van der Waals surface area contributed by atoms with Crippen LogP contribution >= 0.6 is 0 Å². The van der Waals surface area contributed by atoms with Gasteiger partial charge >= 0.3 is 0 Å². The fraction of sp³-hybridized carbons (Fsp3) is 0.611. The molecule has 0 bridgehead atoms. The topological polar surface area (TPSA) is 131 Å². The molecule has 1 aromatic rings. The average Bonchev–Trinajstić information content (AvgIpc) is 2.60. The van der Waals surface area contributed by atoms with Crippen LogP contribution in [-0.4, -0.2) is 44.0 Å². The van der Waals surface area contributed by atoms with Crippen molar-refractivity contribution in [3.8, 4) is 0 Å². The first-order chi connectivity index (χ1) is 13.2. The minimum atomic E-state index is -3.99. The number of pyridine rings is 1. The monoisotopic (exact) mass is 412 g/mol. The van der Waals surface area contributed by atoms with Gasteiger partial charge in [0, 0.05) is 24.3 Å². The van der Waals surface area contributed by atoms with Crippen LogP contribution in [0.4, 0.5) is 4.39 Å². The number of amides is 2. The summed E-state index contributed by atoms with van der Waals surface area (Å²) in [6, 6.07) is 2.33. The van der Waals surface area contributed by atoms with E-state index in [9.17, 15) is 22.4 Å². The minimum Gasteiger partial charge on any atom is -0.352 e. The largest absolute Gasteiger partial charge is 0.352 e. The van der Waals surface area contributed by atoms with Crippen molar-refractivity contribution < 1.29 is 22.4 Å². The van der Waals surface area contributed by atoms with Crippen LogP contribution < -0.4 is 15.8 Å². The molecule has 0 aliphatic heterocycles. The van der Waals surface area contributed by atoms with Gasteiger partial charge in [0.1, 0.15) is 0 Å². The van der Waals surface area contributed by atoms with Gasteiger partial charge < -0.3 is 10.6 Å². The van der Waals surface area contributed by atoms with Gasteiger partial charge in [-0.3, -0.25) is 9.59 Å². The van der Waals surface area contributed by atoms with Gasteiger partial charge in [-0.1, -0.05) is 19.3 Å². The van der Waals surface area contributed by atoms with Crippen LogP contribution in [0.2, 0.25) is 0 Å². The third kappa shape index (κ3) is 5.05. The molecule has 2 saturated carbocycles. The first kappa shape index (κ1) is 20.7. The Morgan fingerprint density at radius 1 is 1.29 bits per heavy atom. The zero-order chi connectivity index (χ0) is 20.3. The highest BCUT2D eigenvalue weighted by Gasteiger charge is 2.35. The van der Waals surface area contributed by atoms with E-state index in [-0.39, 0.29) is 29.0 Å². The van der Waals surface area contributed by atoms with Crippen LogP contribution in [0.15, 0.2) is 23.4 Å². The Bertz CT molecular complexity index is 844. The molecule has 10 heteroatoms. The molecule has 1 heterocycles. The van der Waals surface area contributed by atoms with Gasteiger partial charge in [0.15, 0.2) is 11.2 Å². The van der Waals surface area contributed by atoms with Crippen LogP contribution in [0.5, 0.6) is 0 Å². The first-order valence-corrected chi connectivity index (χ1v) is 11.0. The maximum atomic E-state index is 14.0. The summed E-state index contributed by atoms with van der Waals surface area (Å²) in [5, 5.41) is 10.1. The Kier molecular flexibility index (Phi) is 6.29. The molecule has 0 radical (unpaired) electrons. The van der Waals surface area contributed by atoms with Gasteiger partial charge in [0.2, 0.25) is 0 Å². The lowest BCUT2D eigenvalue weighted by atomic mass is 9.78. The van der Waals surface area contributed by atoms with Gasteiger partial charge in [-0.15, -0.1) is 0 Å². The third-order valence-corrected chi connectivity index (χ3v) is 6.41. The molecule has 2 fully saturated rings. The maximum Gasteiger partial charge on any atom is 0.255 e. The van der Waals surface area contributed by atoms with Crippen LogP contribution in [-0.2, 0) is 14.8 Å². The number of halogens is 1. The Morgan fingerprint density at radius 2 is 2.04 bits per heavy atom. The van der Waals surface area contributed by atoms with Crippen molar-refractivity contribution in [2.45, 2.75) is 55.8 Å². The molecule has 4 N–H and O–H groups in total. The Balaban J connectivity index is 1.47. The summed E-state index contributed by atoms with van der Waals surface area (Å²) < 4.78 is 36.7. The van der Waals surface area contributed by atoms with Crippen molar-refractivity contribution >= 4 is 21.8 Å². The normalized spacial score (nSPS) is 23.2. The number of nitrogens with zero attached hydrogens (tertiary/aromatic N) is 1. The second kappa shape index (κ2) is 8.52. The highest BCUT2D eigenvalue weighted by atomic mass is 32.2. The fourth-order valence-electron chi connectivity index (χ4n) is 3.44. The number of rotatable bonds is 8. The summed E-state index contributed by atoms with van der Waals surface area (Å²) in [5.41, 5.74) is 0.128. The molecule has 3 rings (SSSR count). The minimum absolute atomic E-state index is 0.0170. The molecule has 154 valence electrons. The number of alkyl halides is 1. The quantitative estimate of drug-likeness (QED) is 0.583. The van der Waals surface area contributed by atoms with Crippen molar-refractivity contribution in [2.75, 3.05) is 6.54 Å². The summed E-state index contributed by atoms with van der Waals surface area (Å²) in [6.45, 7) is 0.302. The number of carbonyl (C=O) groups excluding carboxylic acids is 2. The van der Waals surface area contributed by atoms with Crippen LogP contribution in [0.25, 0.3) is 0 Å². The van der Waals surface area contributed by atoms with Crippen molar-refractivity contribution in [3.63, 3.8) is 0 Å². The number of aromatic nitrogens is 1. The van der Waals surface area contributed by atoms with E-state index in [1.165, 1.54) is 12.3 Å². The molecule has 0 spiro atoms. The zero-order valence-electron chi connectivity index (χ0n) is 15.4. The first-order valence-electron chi connectivity index (χ1n) is 9.45. The van der Waals surface area contributed by atoms with Crippen LogP contribution in [0, 0.1) is 11.8 Å². The molecule has 2 aliphatic rings. The van der Waals surface area contributed by atoms with Gasteiger partial charge in [0.25, 0.3) is 21.8 Å². The molecule has 0 saturated heterocycles. The second-order valence-corrected chi connectivity index (χ2v) is 9.10. The summed E-state index contributed by atoms with van der Waals surface area (Å²) in [5.74, 6) is -0.694. The smallest absolute Gasteiger partial charge is 0.255 e. The lowest BCUT2D eigenvalue weighted by Crippen LogP contribution is -2.52. The molecule has 2 aliphatic carbocycles. The number of carbonyl (C=O) groups is 2. The number of nitrogens with two attached hydrogens (primary N) is 1. The van der Waals surface area contributed by atoms with E-state index in [0.717, 1.165) is 38.2 Å². The maximum absolute atomic E-state index is 14.0. The highest BCUT2D eigenvalue weighted by Crippen LogP contribution is 2.32. The summed E-state index contributed by atoms with van der Waals surface area (Å²) >= 11 is 0. The molecule has 1 aromatic heterocycles. The lowest BCUT2D eigenvalue weighted by Gasteiger charge is -2.38. The predicted octanol–water partition coefficient (Wildman–Crippen LogP) is 0.882. The van der Waals surface area contributed by atoms with Crippen LogP contribution in [0.3, 0.4) is 0 Å². The van der Waals surface area contributed by atoms with Gasteiger partial charge in [-0.2, -0.15) is 0 Å². The molecule has 28 heavy (non-hydrogen) atoms. The molecular weight excluding hydrogens is 387 g/mol. The summed E-state index contributed by atoms with van der Waals surface area (Å²) in [6.07, 6.45) is 4.66. The fourth-order valence-corrected chi connectivity index (χ4v) is 3.94. The molecule has 0 aromatic carbocycles. The number of hydrogen-bond acceptors (Lipinski definition) is 5. The molecule has 1 unspecified atom stereocenters. The van der Waals surface area contributed by atoms with E-state index in [4.69, 9.17) is 5.14 Å². The van der Waals surface area contributed by atoms with Crippen LogP contribution in [0.1, 0.15) is 48.9 Å². The van der Waals surface area contributed by atoms with E-state index in [2.05, 4.69) is 15.6 Å². The standard InChI is InChI=1S/C18H25FN4O4S/c19-14(8-11-2-1-3-11)18(25)23-15-5-4-13(15)10-22-17(24)12-6-7-21-16(9-12)28(20,26)27/h6-7,9,11,13-15H,1-5,8,10H2,(H,22,24)(H,23,25)(H2,20,26,27)/t13-,14?,15+/m0/s1. The van der Waals surface area contributed by atoms with Crippen molar-refractivity contribution in [3.05, 3.63) is 23.9 Å². The number of primary sulfonamides is 1. The second-order valence-electron chi connectivity index (χ2n) is 7.59. The molecule has 3 atom stereocenters. The molecule has 2 amide bonds. The number of hydrogen-bond donors (Lipinski definition) is 3. The summed E-state index contributed by atoms with van der Waals surface area (Å²) in [7, 11) is -3.99. The predicted molar refractivity (Wildman–Crippen MR) is 99.5 cm³/mol. The van der Waals surface area contributed by atoms with E-state index in [1.807, 2.05) is 0 Å². The van der Waals surface area contributed by atoms with Crippen molar-refractivity contribution in [1.29, 1.82) is 0 Å².